The first-order valence-electron chi connectivity index (χ1n) is 4.65. The average Bonchev–Trinajstić information content (AvgIpc) is 2.21. The summed E-state index contributed by atoms with van der Waals surface area (Å²) in [4.78, 5) is 19.4. The molecule has 1 amide bonds. The largest absolute Gasteiger partial charge is 0.358 e. The third kappa shape index (κ3) is 3.61. The van der Waals surface area contributed by atoms with Gasteiger partial charge in [-0.05, 0) is 36.4 Å². The average molecular weight is 320 g/mol. The summed E-state index contributed by atoms with van der Waals surface area (Å²) >= 11 is 2.12. The highest BCUT2D eigenvalue weighted by molar-refractivity contribution is 14.1. The van der Waals surface area contributed by atoms with Gasteiger partial charge in [0.05, 0.1) is 3.57 Å². The zero-order chi connectivity index (χ0) is 11.3. The van der Waals surface area contributed by atoms with Gasteiger partial charge in [0.15, 0.2) is 0 Å². The van der Waals surface area contributed by atoms with Crippen molar-refractivity contribution in [3.8, 4) is 0 Å². The van der Waals surface area contributed by atoms with Crippen molar-refractivity contribution in [2.24, 2.45) is 0 Å². The van der Waals surface area contributed by atoms with E-state index in [1.165, 1.54) is 6.33 Å². The van der Waals surface area contributed by atoms with Gasteiger partial charge in [-0.2, -0.15) is 0 Å². The quantitative estimate of drug-likeness (QED) is 0.813. The van der Waals surface area contributed by atoms with Gasteiger partial charge >= 0.3 is 0 Å². The predicted molar refractivity (Wildman–Crippen MR) is 66.5 cm³/mol. The summed E-state index contributed by atoms with van der Waals surface area (Å²) in [7, 11) is 0. The molecule has 0 aromatic carbocycles. The van der Waals surface area contributed by atoms with Crippen molar-refractivity contribution in [2.75, 3.05) is 11.9 Å². The van der Waals surface area contributed by atoms with Crippen LogP contribution >= 0.6 is 22.6 Å². The number of carbonyl (C=O) groups excluding carboxylic acids is 1. The van der Waals surface area contributed by atoms with Crippen LogP contribution in [0.15, 0.2) is 12.5 Å². The minimum Gasteiger partial charge on any atom is -0.358 e. The number of hydrogen-bond donors (Lipinski definition) is 2. The molecule has 0 bridgehead atoms. The molecule has 0 radical (unpaired) electrons. The molecular weight excluding hydrogens is 307 g/mol. The minimum absolute atomic E-state index is 0.0353. The second kappa shape index (κ2) is 5.84. The molecule has 1 heterocycles. The molecule has 0 aliphatic rings. The molecule has 6 heteroatoms. The maximum absolute atomic E-state index is 11.4. The van der Waals surface area contributed by atoms with E-state index < -0.39 is 0 Å². The van der Waals surface area contributed by atoms with Crippen LogP contribution in [0.5, 0.6) is 0 Å². The minimum atomic E-state index is -0.298. The first-order chi connectivity index (χ1) is 7.15. The summed E-state index contributed by atoms with van der Waals surface area (Å²) in [5.74, 6) is 0.649. The molecule has 82 valence electrons. The molecule has 1 atom stereocenters. The summed E-state index contributed by atoms with van der Waals surface area (Å²) in [5.41, 5.74) is 0. The fourth-order valence-electron chi connectivity index (χ4n) is 1.02. The third-order valence-electron chi connectivity index (χ3n) is 1.77. The van der Waals surface area contributed by atoms with Crippen molar-refractivity contribution >= 4 is 34.3 Å². The number of halogens is 1. The van der Waals surface area contributed by atoms with E-state index >= 15 is 0 Å². The van der Waals surface area contributed by atoms with Gasteiger partial charge in [0, 0.05) is 12.7 Å². The van der Waals surface area contributed by atoms with Crippen LogP contribution in [0, 0.1) is 3.57 Å². The Hall–Kier alpha value is -0.920. The number of anilines is 1. The van der Waals surface area contributed by atoms with Crippen LogP contribution in [0.2, 0.25) is 0 Å². The van der Waals surface area contributed by atoms with Crippen molar-refractivity contribution in [1.82, 2.24) is 15.3 Å². The number of carbonyl (C=O) groups is 1. The van der Waals surface area contributed by atoms with Crippen molar-refractivity contribution in [3.05, 3.63) is 16.1 Å². The molecule has 0 aliphatic carbocycles. The van der Waals surface area contributed by atoms with Crippen LogP contribution in [0.1, 0.15) is 13.8 Å². The van der Waals surface area contributed by atoms with Gasteiger partial charge in [-0.1, -0.05) is 0 Å². The van der Waals surface area contributed by atoms with Gasteiger partial charge in [0.25, 0.3) is 0 Å². The van der Waals surface area contributed by atoms with Crippen molar-refractivity contribution < 1.29 is 4.79 Å². The number of amides is 1. The molecule has 1 rings (SSSR count). The molecule has 0 aliphatic heterocycles. The van der Waals surface area contributed by atoms with Crippen LogP contribution in [0.25, 0.3) is 0 Å². The smallest absolute Gasteiger partial charge is 0.242 e. The molecule has 1 aromatic heterocycles. The number of aromatic nitrogens is 2. The molecule has 5 nitrogen and oxygen atoms in total. The van der Waals surface area contributed by atoms with Crippen LogP contribution in [0.4, 0.5) is 5.82 Å². The predicted octanol–water partition coefficient (Wildman–Crippen LogP) is 1.02. The number of nitrogens with zero attached hydrogens (tertiary/aromatic N) is 2. The number of nitrogens with one attached hydrogen (secondary N) is 2. The van der Waals surface area contributed by atoms with E-state index in [0.29, 0.717) is 12.4 Å². The SMILES string of the molecule is CCNC(=O)C(C)Nc1ncncc1I. The Bertz CT molecular complexity index is 345. The number of rotatable bonds is 4. The highest BCUT2D eigenvalue weighted by atomic mass is 127. The zero-order valence-corrected chi connectivity index (χ0v) is 10.8. The maximum atomic E-state index is 11.4. The standard InChI is InChI=1S/C9H13IN4O/c1-3-12-9(15)6(2)14-8-7(10)4-11-5-13-8/h4-6H,3H2,1-2H3,(H,12,15)(H,11,13,14). The fourth-order valence-corrected chi connectivity index (χ4v) is 1.47. The molecule has 2 N–H and O–H groups in total. The molecule has 1 aromatic rings. The molecule has 0 saturated heterocycles. The topological polar surface area (TPSA) is 66.9 Å². The van der Waals surface area contributed by atoms with Gasteiger partial charge in [-0.3, -0.25) is 4.79 Å². The highest BCUT2D eigenvalue weighted by Gasteiger charge is 2.12. The second-order valence-corrected chi connectivity index (χ2v) is 4.14. The highest BCUT2D eigenvalue weighted by Crippen LogP contribution is 2.13. The Balaban J connectivity index is 2.62. The van der Waals surface area contributed by atoms with E-state index in [2.05, 4.69) is 43.2 Å². The third-order valence-corrected chi connectivity index (χ3v) is 2.55. The normalized spacial score (nSPS) is 11.9. The van der Waals surface area contributed by atoms with Gasteiger partial charge < -0.3 is 10.6 Å². The summed E-state index contributed by atoms with van der Waals surface area (Å²) in [6.07, 6.45) is 3.15. The van der Waals surface area contributed by atoms with Gasteiger partial charge in [0.2, 0.25) is 5.91 Å². The number of likely N-dealkylation sites (N-methyl/N-ethyl adjacent to an activating group) is 1. The Morgan fingerprint density at radius 1 is 1.67 bits per heavy atom. The van der Waals surface area contributed by atoms with Crippen LogP contribution in [0.3, 0.4) is 0 Å². The van der Waals surface area contributed by atoms with Crippen molar-refractivity contribution in [1.29, 1.82) is 0 Å². The van der Waals surface area contributed by atoms with Crippen LogP contribution < -0.4 is 10.6 Å². The summed E-state index contributed by atoms with van der Waals surface area (Å²) < 4.78 is 0.895. The fraction of sp³-hybridized carbons (Fsp3) is 0.444. The zero-order valence-electron chi connectivity index (χ0n) is 8.62. The van der Waals surface area contributed by atoms with E-state index in [9.17, 15) is 4.79 Å². The lowest BCUT2D eigenvalue weighted by Crippen LogP contribution is -2.37. The molecule has 15 heavy (non-hydrogen) atoms. The first kappa shape index (κ1) is 12.2. The van der Waals surface area contributed by atoms with Crippen LogP contribution in [-0.4, -0.2) is 28.5 Å². The van der Waals surface area contributed by atoms with Crippen molar-refractivity contribution in [3.63, 3.8) is 0 Å². The Morgan fingerprint density at radius 2 is 2.40 bits per heavy atom. The van der Waals surface area contributed by atoms with E-state index in [1.807, 2.05) is 6.92 Å². The van der Waals surface area contributed by atoms with Crippen LogP contribution in [-0.2, 0) is 4.79 Å². The summed E-state index contributed by atoms with van der Waals surface area (Å²) in [6, 6.07) is -0.298. The molecule has 0 spiro atoms. The Kier molecular flexibility index (Phi) is 4.73. The Labute approximate surface area is 102 Å². The molecule has 1 unspecified atom stereocenters. The van der Waals surface area contributed by atoms with E-state index in [1.54, 1.807) is 13.1 Å². The lowest BCUT2D eigenvalue weighted by atomic mass is 10.3. The summed E-state index contributed by atoms with van der Waals surface area (Å²) in [6.45, 7) is 4.31. The molecule has 0 saturated carbocycles. The molecular formula is C9H13IN4O. The van der Waals surface area contributed by atoms with Gasteiger partial charge in [-0.25, -0.2) is 9.97 Å². The molecule has 0 fully saturated rings. The lowest BCUT2D eigenvalue weighted by Gasteiger charge is -2.14. The monoisotopic (exact) mass is 320 g/mol. The van der Waals surface area contributed by atoms with Gasteiger partial charge in [0.1, 0.15) is 18.2 Å². The van der Waals surface area contributed by atoms with Gasteiger partial charge in [-0.15, -0.1) is 0 Å². The second-order valence-electron chi connectivity index (χ2n) is 2.98. The Morgan fingerprint density at radius 3 is 3.00 bits per heavy atom. The van der Waals surface area contributed by atoms with Crippen molar-refractivity contribution in [2.45, 2.75) is 19.9 Å². The lowest BCUT2D eigenvalue weighted by molar-refractivity contribution is -0.121. The van der Waals surface area contributed by atoms with E-state index in [4.69, 9.17) is 0 Å². The van der Waals surface area contributed by atoms with E-state index in [-0.39, 0.29) is 11.9 Å². The number of hydrogen-bond acceptors (Lipinski definition) is 4. The summed E-state index contributed by atoms with van der Waals surface area (Å²) in [5, 5.41) is 5.76. The maximum Gasteiger partial charge on any atom is 0.242 e. The first-order valence-corrected chi connectivity index (χ1v) is 5.72. The van der Waals surface area contributed by atoms with E-state index in [0.717, 1.165) is 3.57 Å².